The molecule has 50 heavy (non-hydrogen) atoms. The average Bonchev–Trinajstić information content (AvgIpc) is 3.53. The van der Waals surface area contributed by atoms with Crippen LogP contribution < -0.4 is 25.3 Å². The zero-order valence-corrected chi connectivity index (χ0v) is 30.8. The number of carbonyl (C=O) groups is 1. The quantitative estimate of drug-likeness (QED) is 0.132. The van der Waals surface area contributed by atoms with Crippen molar-refractivity contribution in [1.29, 1.82) is 0 Å². The Bertz CT molecular complexity index is 1820. The van der Waals surface area contributed by atoms with Gasteiger partial charge in [-0.05, 0) is 33.5 Å². The third-order valence-electron chi connectivity index (χ3n) is 8.84. The predicted octanol–water partition coefficient (Wildman–Crippen LogP) is 5.74. The van der Waals surface area contributed by atoms with Gasteiger partial charge in [-0.15, -0.1) is 0 Å². The van der Waals surface area contributed by atoms with Crippen LogP contribution in [-0.2, 0) is 22.3 Å². The van der Waals surface area contributed by atoms with E-state index in [1.165, 1.54) is 17.5 Å². The minimum atomic E-state index is -2.78. The monoisotopic (exact) mass is 696 g/mol. The van der Waals surface area contributed by atoms with Crippen LogP contribution in [0.3, 0.4) is 0 Å². The molecule has 2 heterocycles. The molecule has 5 aromatic rings. The molecule has 3 aromatic carbocycles. The Labute approximate surface area is 295 Å². The predicted molar refractivity (Wildman–Crippen MR) is 200 cm³/mol. The number of aromatic nitrogens is 4. The lowest BCUT2D eigenvalue weighted by Crippen LogP contribution is -2.67. The number of hydrogen-bond donors (Lipinski definition) is 2. The number of benzene rings is 3. The Hall–Kier alpha value is -4.78. The second-order valence-corrected chi connectivity index (χ2v) is 17.5. The largest absolute Gasteiger partial charge is 0.496 e. The summed E-state index contributed by atoms with van der Waals surface area (Å²) in [5, 5.41) is 19.5. The van der Waals surface area contributed by atoms with Gasteiger partial charge in [-0.1, -0.05) is 107 Å². The first-order valence-corrected chi connectivity index (χ1v) is 18.9. The van der Waals surface area contributed by atoms with E-state index in [1.54, 1.807) is 11.8 Å². The molecule has 0 aliphatic rings. The summed E-state index contributed by atoms with van der Waals surface area (Å²) in [5.41, 5.74) is 2.82. The lowest BCUT2D eigenvalue weighted by molar-refractivity contribution is 0.186. The van der Waals surface area contributed by atoms with Crippen molar-refractivity contribution < 1.29 is 23.8 Å². The first kappa shape index (κ1) is 36.5. The molecule has 12 heteroatoms. The van der Waals surface area contributed by atoms with Crippen LogP contribution in [0.25, 0.3) is 11.0 Å². The van der Waals surface area contributed by atoms with Crippen LogP contribution in [0, 0.1) is 0 Å². The van der Waals surface area contributed by atoms with Crippen molar-refractivity contribution in [1.82, 2.24) is 19.7 Å². The van der Waals surface area contributed by atoms with Crippen LogP contribution in [0.2, 0.25) is 5.04 Å². The second kappa shape index (κ2) is 16.3. The zero-order valence-electron chi connectivity index (χ0n) is 29.8. The van der Waals surface area contributed by atoms with Crippen molar-refractivity contribution in [2.24, 2.45) is 0 Å². The summed E-state index contributed by atoms with van der Waals surface area (Å²) in [6.07, 6.45) is 3.07. The number of nitrogens with zero attached hydrogens (tertiary/aromatic N) is 5. The Balaban J connectivity index is 1.54. The van der Waals surface area contributed by atoms with E-state index in [9.17, 15) is 9.90 Å². The number of amides is 1. The summed E-state index contributed by atoms with van der Waals surface area (Å²) in [5.74, 6) is 1.38. The van der Waals surface area contributed by atoms with Crippen LogP contribution in [-0.4, -0.2) is 73.2 Å². The Morgan fingerprint density at radius 2 is 1.64 bits per heavy atom. The lowest BCUT2D eigenvalue weighted by Gasteiger charge is -2.43. The number of carbonyl (C=O) groups excluding carboxylic acids is 1. The highest BCUT2D eigenvalue weighted by Crippen LogP contribution is 2.37. The van der Waals surface area contributed by atoms with Gasteiger partial charge < -0.3 is 23.9 Å². The van der Waals surface area contributed by atoms with Gasteiger partial charge >= 0.3 is 6.09 Å². The maximum absolute atomic E-state index is 12.3. The second-order valence-electron chi connectivity index (χ2n) is 13.2. The normalized spacial score (nSPS) is 11.8. The van der Waals surface area contributed by atoms with Crippen molar-refractivity contribution in [3.8, 4) is 5.75 Å². The van der Waals surface area contributed by atoms with E-state index in [-0.39, 0.29) is 17.6 Å². The standard InChI is InChI=1S/C38H48N6O5Si/c1-7-8-21-43(22-23-49-50(38(2,3)4,30-15-11-9-12-16-30)31-17-13-10-14-18-31)35-34-32(39-36(40-35)41-37(46)48-6)26-44(42-34)25-29-20-19-28(27-45)24-33(29)47-5/h9-20,24,26,45H,7-8,21-23,25,27H2,1-6H3,(H,39,41,46). The van der Waals surface area contributed by atoms with Crippen LogP contribution in [0.4, 0.5) is 16.6 Å². The van der Waals surface area contributed by atoms with Crippen LogP contribution >= 0.6 is 0 Å². The van der Waals surface area contributed by atoms with E-state index >= 15 is 0 Å². The summed E-state index contributed by atoms with van der Waals surface area (Å²) in [6.45, 7) is 11.0. The maximum atomic E-state index is 12.3. The molecule has 0 bridgehead atoms. The van der Waals surface area contributed by atoms with Crippen molar-refractivity contribution in [2.45, 2.75) is 58.7 Å². The molecule has 0 atom stereocenters. The van der Waals surface area contributed by atoms with Gasteiger partial charge in [0.15, 0.2) is 11.3 Å². The van der Waals surface area contributed by atoms with E-state index < -0.39 is 14.4 Å². The van der Waals surface area contributed by atoms with Crippen molar-refractivity contribution >= 4 is 47.6 Å². The number of rotatable bonds is 15. The third kappa shape index (κ3) is 7.98. The van der Waals surface area contributed by atoms with Crippen molar-refractivity contribution in [3.05, 3.63) is 96.2 Å². The maximum Gasteiger partial charge on any atom is 0.413 e. The van der Waals surface area contributed by atoms with Gasteiger partial charge in [-0.3, -0.25) is 10.00 Å². The summed E-state index contributed by atoms with van der Waals surface area (Å²) in [4.78, 5) is 23.9. The minimum Gasteiger partial charge on any atom is -0.496 e. The van der Waals surface area contributed by atoms with Crippen molar-refractivity contribution in [2.75, 3.05) is 44.1 Å². The molecular weight excluding hydrogens is 649 g/mol. The smallest absolute Gasteiger partial charge is 0.413 e. The fourth-order valence-electron chi connectivity index (χ4n) is 6.38. The van der Waals surface area contributed by atoms with Gasteiger partial charge in [0, 0.05) is 18.7 Å². The van der Waals surface area contributed by atoms with Gasteiger partial charge in [-0.25, -0.2) is 9.78 Å². The van der Waals surface area contributed by atoms with Gasteiger partial charge in [0.1, 0.15) is 11.3 Å². The first-order chi connectivity index (χ1) is 24.1. The molecule has 2 aromatic heterocycles. The number of aliphatic hydroxyl groups is 1. The molecule has 1 amide bonds. The SMILES string of the molecule is CCCCN(CCO[Si](c1ccccc1)(c1ccccc1)C(C)(C)C)c1nc(NC(=O)OC)nc2cn(Cc3ccc(CO)cc3OC)nc12. The molecular formula is C38H48N6O5Si. The Morgan fingerprint density at radius 1 is 0.960 bits per heavy atom. The zero-order chi connectivity index (χ0) is 35.7. The average molecular weight is 697 g/mol. The number of methoxy groups -OCH3 is 2. The molecule has 0 aliphatic heterocycles. The highest BCUT2D eigenvalue weighted by molar-refractivity contribution is 6.99. The molecule has 0 radical (unpaired) electrons. The molecule has 0 unspecified atom stereocenters. The van der Waals surface area contributed by atoms with E-state index in [2.05, 4.69) is 91.4 Å². The number of fused-ring (bicyclic) bond motifs is 1. The molecule has 0 aliphatic carbocycles. The molecule has 11 nitrogen and oxygen atoms in total. The van der Waals surface area contributed by atoms with Crippen LogP contribution in [0.15, 0.2) is 85.1 Å². The summed E-state index contributed by atoms with van der Waals surface area (Å²) in [7, 11) is 0.134. The summed E-state index contributed by atoms with van der Waals surface area (Å²) >= 11 is 0. The van der Waals surface area contributed by atoms with Gasteiger partial charge in [0.2, 0.25) is 5.95 Å². The molecule has 0 saturated carbocycles. The van der Waals surface area contributed by atoms with E-state index in [0.717, 1.165) is 24.0 Å². The fraction of sp³-hybridized carbons (Fsp3) is 0.368. The summed E-state index contributed by atoms with van der Waals surface area (Å²) in [6, 6.07) is 26.8. The molecule has 2 N–H and O–H groups in total. The van der Waals surface area contributed by atoms with E-state index in [4.69, 9.17) is 24.0 Å². The molecule has 0 fully saturated rings. The molecule has 5 rings (SSSR count). The highest BCUT2D eigenvalue weighted by atomic mass is 28.4. The topological polar surface area (TPSA) is 124 Å². The van der Waals surface area contributed by atoms with Crippen LogP contribution in [0.1, 0.15) is 51.7 Å². The number of nitrogens with one attached hydrogen (secondary N) is 1. The number of ether oxygens (including phenoxy) is 2. The van der Waals surface area contributed by atoms with Crippen LogP contribution in [0.5, 0.6) is 5.75 Å². The Morgan fingerprint density at radius 3 is 2.22 bits per heavy atom. The van der Waals surface area contributed by atoms with Crippen molar-refractivity contribution in [3.63, 3.8) is 0 Å². The van der Waals surface area contributed by atoms with Gasteiger partial charge in [0.25, 0.3) is 8.32 Å². The Kier molecular flexibility index (Phi) is 11.9. The first-order valence-electron chi connectivity index (χ1n) is 17.0. The minimum absolute atomic E-state index is 0.0788. The van der Waals surface area contributed by atoms with Gasteiger partial charge in [-0.2, -0.15) is 10.1 Å². The lowest BCUT2D eigenvalue weighted by atomic mass is 10.1. The fourth-order valence-corrected chi connectivity index (χ4v) is 10.9. The molecule has 0 saturated heterocycles. The summed E-state index contributed by atoms with van der Waals surface area (Å²) < 4.78 is 19.5. The number of hydrogen-bond acceptors (Lipinski definition) is 9. The van der Waals surface area contributed by atoms with Gasteiger partial charge in [0.05, 0.1) is 40.2 Å². The number of unbranched alkanes of at least 4 members (excludes halogenated alkanes) is 1. The van der Waals surface area contributed by atoms with E-state index in [1.807, 2.05) is 36.5 Å². The molecule has 0 spiro atoms. The number of aliphatic hydroxyl groups excluding tert-OH is 1. The van der Waals surface area contributed by atoms with E-state index in [0.29, 0.717) is 48.8 Å². The highest BCUT2D eigenvalue weighted by Gasteiger charge is 2.50. The molecule has 264 valence electrons. The number of anilines is 2. The third-order valence-corrected chi connectivity index (χ3v) is 13.9.